The SMILES string of the molecule is C#CCc1cccc(-c2cccc(-c3ncc4ccccc4n3)n2)c1. The number of fused-ring (bicyclic) bond motifs is 1. The molecule has 0 saturated heterocycles. The molecule has 2 heterocycles. The monoisotopic (exact) mass is 321 g/mol. The molecule has 0 aliphatic rings. The zero-order valence-corrected chi connectivity index (χ0v) is 13.6. The minimum absolute atomic E-state index is 0.612. The minimum atomic E-state index is 0.612. The largest absolute Gasteiger partial charge is 0.244 e. The number of nitrogens with zero attached hydrogens (tertiary/aromatic N) is 3. The van der Waals surface area contributed by atoms with Gasteiger partial charge in [0, 0.05) is 23.6 Å². The first-order valence-corrected chi connectivity index (χ1v) is 8.05. The number of terminal acetylenes is 1. The summed E-state index contributed by atoms with van der Waals surface area (Å²) in [5.74, 6) is 3.30. The van der Waals surface area contributed by atoms with Gasteiger partial charge in [-0.05, 0) is 29.8 Å². The lowest BCUT2D eigenvalue weighted by Gasteiger charge is -2.06. The van der Waals surface area contributed by atoms with Crippen LogP contribution in [0.4, 0.5) is 0 Å². The van der Waals surface area contributed by atoms with E-state index < -0.39 is 0 Å². The first-order chi connectivity index (χ1) is 12.3. The van der Waals surface area contributed by atoms with Gasteiger partial charge in [-0.15, -0.1) is 12.3 Å². The first kappa shape index (κ1) is 15.0. The normalized spacial score (nSPS) is 10.5. The van der Waals surface area contributed by atoms with Gasteiger partial charge in [0.25, 0.3) is 0 Å². The number of para-hydroxylation sites is 1. The molecule has 0 atom stereocenters. The Bertz CT molecular complexity index is 1090. The van der Waals surface area contributed by atoms with Crippen LogP contribution in [0.15, 0.2) is 72.9 Å². The Morgan fingerprint density at radius 3 is 2.60 bits per heavy atom. The second-order valence-corrected chi connectivity index (χ2v) is 5.74. The highest BCUT2D eigenvalue weighted by Gasteiger charge is 2.07. The van der Waals surface area contributed by atoms with Crippen molar-refractivity contribution in [3.8, 4) is 35.1 Å². The molecule has 25 heavy (non-hydrogen) atoms. The minimum Gasteiger partial charge on any atom is -0.244 e. The van der Waals surface area contributed by atoms with Crippen LogP contribution in [0.1, 0.15) is 5.56 Å². The maximum Gasteiger partial charge on any atom is 0.178 e. The first-order valence-electron chi connectivity index (χ1n) is 8.05. The molecule has 0 amide bonds. The second kappa shape index (κ2) is 6.54. The number of rotatable bonds is 3. The average Bonchev–Trinajstić information content (AvgIpc) is 2.68. The van der Waals surface area contributed by atoms with E-state index in [1.54, 1.807) is 0 Å². The lowest BCUT2D eigenvalue weighted by molar-refractivity contribution is 1.18. The summed E-state index contributed by atoms with van der Waals surface area (Å²) in [4.78, 5) is 13.8. The van der Waals surface area contributed by atoms with Crippen molar-refractivity contribution >= 4 is 10.9 Å². The van der Waals surface area contributed by atoms with Crippen molar-refractivity contribution in [2.75, 3.05) is 0 Å². The van der Waals surface area contributed by atoms with E-state index in [1.807, 2.05) is 66.9 Å². The van der Waals surface area contributed by atoms with Gasteiger partial charge in [0.1, 0.15) is 5.69 Å². The zero-order chi connectivity index (χ0) is 17.1. The quantitative estimate of drug-likeness (QED) is 0.520. The molecule has 3 heteroatoms. The number of hydrogen-bond acceptors (Lipinski definition) is 3. The van der Waals surface area contributed by atoms with Crippen LogP contribution in [0.2, 0.25) is 0 Å². The molecule has 0 bridgehead atoms. The summed E-state index contributed by atoms with van der Waals surface area (Å²) in [5.41, 5.74) is 4.69. The molecule has 0 saturated carbocycles. The molecule has 3 nitrogen and oxygen atoms in total. The maximum atomic E-state index is 5.41. The van der Waals surface area contributed by atoms with Crippen molar-refractivity contribution in [2.24, 2.45) is 0 Å². The van der Waals surface area contributed by atoms with E-state index in [0.29, 0.717) is 12.2 Å². The Kier molecular flexibility index (Phi) is 3.94. The number of pyridine rings is 1. The molecular weight excluding hydrogens is 306 g/mol. The molecule has 2 aromatic carbocycles. The van der Waals surface area contributed by atoms with Gasteiger partial charge in [0.05, 0.1) is 11.2 Å². The molecule has 0 N–H and O–H groups in total. The average molecular weight is 321 g/mol. The third kappa shape index (κ3) is 3.11. The Morgan fingerprint density at radius 1 is 0.840 bits per heavy atom. The second-order valence-electron chi connectivity index (χ2n) is 5.74. The van der Waals surface area contributed by atoms with Crippen LogP contribution in [-0.4, -0.2) is 15.0 Å². The molecule has 0 unspecified atom stereocenters. The smallest absolute Gasteiger partial charge is 0.178 e. The Morgan fingerprint density at radius 2 is 1.68 bits per heavy atom. The Balaban J connectivity index is 1.76. The summed E-state index contributed by atoms with van der Waals surface area (Å²) in [6, 6.07) is 22.0. The van der Waals surface area contributed by atoms with Crippen LogP contribution >= 0.6 is 0 Å². The maximum absolute atomic E-state index is 5.41. The van der Waals surface area contributed by atoms with E-state index in [0.717, 1.165) is 33.4 Å². The fourth-order valence-corrected chi connectivity index (χ4v) is 2.77. The number of hydrogen-bond donors (Lipinski definition) is 0. The Hall–Kier alpha value is -3.51. The number of aromatic nitrogens is 3. The Labute approximate surface area is 146 Å². The predicted octanol–water partition coefficient (Wildman–Crippen LogP) is 4.53. The molecule has 0 aliphatic heterocycles. The van der Waals surface area contributed by atoms with Gasteiger partial charge < -0.3 is 0 Å². The summed E-state index contributed by atoms with van der Waals surface area (Å²) in [6.45, 7) is 0. The topological polar surface area (TPSA) is 38.7 Å². The predicted molar refractivity (Wildman–Crippen MR) is 101 cm³/mol. The van der Waals surface area contributed by atoms with E-state index >= 15 is 0 Å². The summed E-state index contributed by atoms with van der Waals surface area (Å²) in [5, 5.41) is 1.02. The fraction of sp³-hybridized carbons (Fsp3) is 0.0455. The van der Waals surface area contributed by atoms with Crippen molar-refractivity contribution in [2.45, 2.75) is 6.42 Å². The van der Waals surface area contributed by atoms with Crippen LogP contribution in [-0.2, 0) is 6.42 Å². The van der Waals surface area contributed by atoms with Crippen molar-refractivity contribution in [3.63, 3.8) is 0 Å². The van der Waals surface area contributed by atoms with E-state index in [2.05, 4.69) is 22.0 Å². The van der Waals surface area contributed by atoms with Crippen LogP contribution in [0.5, 0.6) is 0 Å². The summed E-state index contributed by atoms with van der Waals surface area (Å²) in [7, 11) is 0. The van der Waals surface area contributed by atoms with Gasteiger partial charge in [-0.2, -0.15) is 0 Å². The molecule has 118 valence electrons. The van der Waals surface area contributed by atoms with Crippen LogP contribution in [0, 0.1) is 12.3 Å². The standard InChI is InChI=1S/C22H15N3/c1-2-7-16-8-5-10-17(14-16)19-12-6-13-21(24-19)22-23-15-18-9-3-4-11-20(18)25-22/h1,3-6,8-15H,7H2. The van der Waals surface area contributed by atoms with Crippen molar-refractivity contribution in [1.82, 2.24) is 15.0 Å². The molecule has 4 aromatic rings. The molecule has 0 fully saturated rings. The van der Waals surface area contributed by atoms with Gasteiger partial charge >= 0.3 is 0 Å². The van der Waals surface area contributed by atoms with Crippen LogP contribution < -0.4 is 0 Å². The van der Waals surface area contributed by atoms with E-state index in [1.165, 1.54) is 0 Å². The highest BCUT2D eigenvalue weighted by molar-refractivity contribution is 5.79. The fourth-order valence-electron chi connectivity index (χ4n) is 2.77. The summed E-state index contributed by atoms with van der Waals surface area (Å²) < 4.78 is 0. The third-order valence-electron chi connectivity index (χ3n) is 4.00. The van der Waals surface area contributed by atoms with Gasteiger partial charge in [-0.1, -0.05) is 42.5 Å². The molecule has 2 aromatic heterocycles. The van der Waals surface area contributed by atoms with Crippen LogP contribution in [0.3, 0.4) is 0 Å². The highest BCUT2D eigenvalue weighted by Crippen LogP contribution is 2.22. The lowest BCUT2D eigenvalue weighted by atomic mass is 10.1. The van der Waals surface area contributed by atoms with Gasteiger partial charge in [0.15, 0.2) is 5.82 Å². The van der Waals surface area contributed by atoms with E-state index in [9.17, 15) is 0 Å². The van der Waals surface area contributed by atoms with Crippen molar-refractivity contribution in [1.29, 1.82) is 0 Å². The molecular formula is C22H15N3. The lowest BCUT2D eigenvalue weighted by Crippen LogP contribution is -1.94. The van der Waals surface area contributed by atoms with Gasteiger partial charge in [0.2, 0.25) is 0 Å². The molecule has 0 radical (unpaired) electrons. The van der Waals surface area contributed by atoms with Crippen molar-refractivity contribution in [3.05, 3.63) is 78.5 Å². The zero-order valence-electron chi connectivity index (χ0n) is 13.6. The number of benzene rings is 2. The molecule has 0 spiro atoms. The molecule has 0 aliphatic carbocycles. The van der Waals surface area contributed by atoms with E-state index in [-0.39, 0.29) is 0 Å². The van der Waals surface area contributed by atoms with Gasteiger partial charge in [-0.3, -0.25) is 0 Å². The summed E-state index contributed by atoms with van der Waals surface area (Å²) >= 11 is 0. The van der Waals surface area contributed by atoms with Gasteiger partial charge in [-0.25, -0.2) is 15.0 Å². The third-order valence-corrected chi connectivity index (χ3v) is 4.00. The van der Waals surface area contributed by atoms with Crippen molar-refractivity contribution < 1.29 is 0 Å². The highest BCUT2D eigenvalue weighted by atomic mass is 14.9. The summed E-state index contributed by atoms with van der Waals surface area (Å²) in [6.07, 6.45) is 7.86. The van der Waals surface area contributed by atoms with E-state index in [4.69, 9.17) is 11.4 Å². The molecule has 4 rings (SSSR count). The van der Waals surface area contributed by atoms with Crippen LogP contribution in [0.25, 0.3) is 33.7 Å².